The van der Waals surface area contributed by atoms with E-state index in [0.717, 1.165) is 0 Å². The molecule has 1 atom stereocenters. The summed E-state index contributed by atoms with van der Waals surface area (Å²) in [6.07, 6.45) is 1.28. The third-order valence-corrected chi connectivity index (χ3v) is 4.14. The minimum atomic E-state index is -3.95. The lowest BCUT2D eigenvalue weighted by atomic mass is 10.1. The summed E-state index contributed by atoms with van der Waals surface area (Å²) in [6.45, 7) is 3.41. The lowest BCUT2D eigenvalue weighted by Gasteiger charge is -2.19. The van der Waals surface area contributed by atoms with Gasteiger partial charge in [0.1, 0.15) is 6.04 Å². The van der Waals surface area contributed by atoms with Crippen molar-refractivity contribution in [2.75, 3.05) is 12.8 Å². The van der Waals surface area contributed by atoms with Gasteiger partial charge in [-0.1, -0.05) is 13.8 Å². The largest absolute Gasteiger partial charge is 0.468 e. The van der Waals surface area contributed by atoms with Crippen molar-refractivity contribution in [1.29, 1.82) is 0 Å². The summed E-state index contributed by atoms with van der Waals surface area (Å²) < 4.78 is 32.6. The normalized spacial score (nSPS) is 13.5. The third kappa shape index (κ3) is 3.24. The Hall–Kier alpha value is -1.61. The molecule has 1 aromatic heterocycles. The minimum absolute atomic E-state index is 0.123. The number of nitrogens with two attached hydrogens (primary N) is 1. The topological polar surface area (TPSA) is 116 Å². The number of esters is 1. The highest BCUT2D eigenvalue weighted by Gasteiger charge is 2.31. The molecule has 19 heavy (non-hydrogen) atoms. The summed E-state index contributed by atoms with van der Waals surface area (Å²) in [6, 6.07) is -0.982. The average Bonchev–Trinajstić information content (AvgIpc) is 2.65. The number of nitrogens with zero attached hydrogens (tertiary/aromatic N) is 2. The first-order valence-electron chi connectivity index (χ1n) is 5.57. The van der Waals surface area contributed by atoms with E-state index in [1.54, 1.807) is 13.8 Å². The number of ether oxygens (including phenoxy) is 1. The first-order valence-corrected chi connectivity index (χ1v) is 7.06. The average molecular weight is 290 g/mol. The van der Waals surface area contributed by atoms with Gasteiger partial charge in [0.25, 0.3) is 10.0 Å². The molecule has 8 nitrogen and oxygen atoms in total. The van der Waals surface area contributed by atoms with Crippen molar-refractivity contribution in [3.63, 3.8) is 0 Å². The molecule has 0 bridgehead atoms. The number of carbonyl (C=O) groups excluding carboxylic acids is 1. The zero-order chi connectivity index (χ0) is 14.8. The van der Waals surface area contributed by atoms with Crippen LogP contribution in [0.2, 0.25) is 0 Å². The molecule has 0 fully saturated rings. The van der Waals surface area contributed by atoms with Crippen LogP contribution >= 0.6 is 0 Å². The van der Waals surface area contributed by atoms with Crippen LogP contribution in [0.5, 0.6) is 0 Å². The van der Waals surface area contributed by atoms with E-state index in [9.17, 15) is 13.2 Å². The highest BCUT2D eigenvalue weighted by atomic mass is 32.2. The molecule has 108 valence electrons. The predicted octanol–water partition coefficient (Wildman–Crippen LogP) is -0.522. The molecule has 0 aliphatic heterocycles. The summed E-state index contributed by atoms with van der Waals surface area (Å²) in [5.41, 5.74) is 5.52. The summed E-state index contributed by atoms with van der Waals surface area (Å²) in [5.74, 6) is -1.04. The number of hydrogen-bond donors (Lipinski definition) is 2. The number of hydrogen-bond acceptors (Lipinski definition) is 6. The molecule has 9 heteroatoms. The van der Waals surface area contributed by atoms with Crippen LogP contribution < -0.4 is 10.5 Å². The Bertz CT molecular complexity index is 545. The zero-order valence-corrected chi connectivity index (χ0v) is 12.1. The number of aryl methyl sites for hydroxylation is 1. The molecule has 1 heterocycles. The van der Waals surface area contributed by atoms with E-state index in [1.165, 1.54) is 25.1 Å². The van der Waals surface area contributed by atoms with E-state index >= 15 is 0 Å². The number of aromatic nitrogens is 2. The van der Waals surface area contributed by atoms with Crippen molar-refractivity contribution in [3.05, 3.63) is 6.33 Å². The Balaban J connectivity index is 3.12. The quantitative estimate of drug-likeness (QED) is 0.705. The van der Waals surface area contributed by atoms with Crippen LogP contribution in [-0.4, -0.2) is 37.1 Å². The highest BCUT2D eigenvalue weighted by Crippen LogP contribution is 2.17. The fourth-order valence-corrected chi connectivity index (χ4v) is 3.14. The van der Waals surface area contributed by atoms with Gasteiger partial charge in [-0.3, -0.25) is 4.79 Å². The monoisotopic (exact) mass is 290 g/mol. The van der Waals surface area contributed by atoms with Crippen LogP contribution in [0.3, 0.4) is 0 Å². The van der Waals surface area contributed by atoms with Gasteiger partial charge in [-0.05, 0) is 5.92 Å². The predicted molar refractivity (Wildman–Crippen MR) is 68.6 cm³/mol. The van der Waals surface area contributed by atoms with Crippen molar-refractivity contribution >= 4 is 21.8 Å². The third-order valence-electron chi connectivity index (χ3n) is 2.57. The molecule has 0 saturated heterocycles. The maximum absolute atomic E-state index is 12.2. The molecule has 0 spiro atoms. The second-order valence-electron chi connectivity index (χ2n) is 4.41. The standard InChI is InChI=1S/C10H18N4O4S/c1-6(2)7(10(15)18-4)13-19(16,17)9-8(11)12-5-14(9)3/h5-7,13H,11H2,1-4H3. The summed E-state index contributed by atoms with van der Waals surface area (Å²) in [5, 5.41) is -0.179. The first kappa shape index (κ1) is 15.4. The van der Waals surface area contributed by atoms with Gasteiger partial charge < -0.3 is 15.0 Å². The Morgan fingerprint density at radius 2 is 2.11 bits per heavy atom. The van der Waals surface area contributed by atoms with Crippen LogP contribution in [-0.2, 0) is 26.6 Å². The summed E-state index contributed by atoms with van der Waals surface area (Å²) in [7, 11) is -1.25. The van der Waals surface area contributed by atoms with Crippen LogP contribution in [0, 0.1) is 5.92 Å². The van der Waals surface area contributed by atoms with Gasteiger partial charge in [0.15, 0.2) is 10.8 Å². The van der Waals surface area contributed by atoms with E-state index in [0.29, 0.717) is 0 Å². The van der Waals surface area contributed by atoms with Crippen LogP contribution in [0.1, 0.15) is 13.8 Å². The highest BCUT2D eigenvalue weighted by molar-refractivity contribution is 7.89. The van der Waals surface area contributed by atoms with Crippen LogP contribution in [0.4, 0.5) is 5.82 Å². The van der Waals surface area contributed by atoms with E-state index in [4.69, 9.17) is 5.73 Å². The minimum Gasteiger partial charge on any atom is -0.468 e. The number of rotatable bonds is 5. The number of nitrogen functional groups attached to an aromatic ring is 1. The second kappa shape index (κ2) is 5.57. The van der Waals surface area contributed by atoms with Gasteiger partial charge in [0.05, 0.1) is 13.4 Å². The number of imidazole rings is 1. The molecular formula is C10H18N4O4S. The number of carbonyl (C=O) groups is 1. The fraction of sp³-hybridized carbons (Fsp3) is 0.600. The Labute approximate surface area is 112 Å². The molecule has 1 aromatic rings. The fourth-order valence-electron chi connectivity index (χ4n) is 1.57. The lowest BCUT2D eigenvalue weighted by Crippen LogP contribution is -2.45. The molecule has 3 N–H and O–H groups in total. The number of sulfonamides is 1. The van der Waals surface area contributed by atoms with Crippen molar-refractivity contribution in [3.8, 4) is 0 Å². The van der Waals surface area contributed by atoms with E-state index in [-0.39, 0.29) is 16.8 Å². The number of anilines is 1. The van der Waals surface area contributed by atoms with Gasteiger partial charge in [-0.15, -0.1) is 0 Å². The molecule has 1 rings (SSSR count). The molecule has 0 aliphatic rings. The van der Waals surface area contributed by atoms with Crippen LogP contribution in [0.15, 0.2) is 11.4 Å². The van der Waals surface area contributed by atoms with Crippen molar-refractivity contribution in [1.82, 2.24) is 14.3 Å². The summed E-state index contributed by atoms with van der Waals surface area (Å²) >= 11 is 0. The Morgan fingerprint density at radius 3 is 2.47 bits per heavy atom. The van der Waals surface area contributed by atoms with Gasteiger partial charge >= 0.3 is 5.97 Å². The molecule has 1 unspecified atom stereocenters. The maximum Gasteiger partial charge on any atom is 0.324 e. The molecule has 0 aromatic carbocycles. The zero-order valence-electron chi connectivity index (χ0n) is 11.2. The van der Waals surface area contributed by atoms with Crippen LogP contribution in [0.25, 0.3) is 0 Å². The van der Waals surface area contributed by atoms with Crippen molar-refractivity contribution < 1.29 is 17.9 Å². The Morgan fingerprint density at radius 1 is 1.53 bits per heavy atom. The number of methoxy groups -OCH3 is 1. The van der Waals surface area contributed by atoms with Gasteiger partial charge in [-0.2, -0.15) is 4.72 Å². The molecule has 0 radical (unpaired) electrons. The second-order valence-corrected chi connectivity index (χ2v) is 6.04. The SMILES string of the molecule is COC(=O)C(NS(=O)(=O)c1c(N)ncn1C)C(C)C. The van der Waals surface area contributed by atoms with Crippen molar-refractivity contribution in [2.24, 2.45) is 13.0 Å². The smallest absolute Gasteiger partial charge is 0.324 e. The summed E-state index contributed by atoms with van der Waals surface area (Å²) in [4.78, 5) is 15.3. The van der Waals surface area contributed by atoms with E-state index in [2.05, 4.69) is 14.4 Å². The Kier molecular flexibility index (Phi) is 4.53. The molecule has 0 saturated carbocycles. The lowest BCUT2D eigenvalue weighted by molar-refractivity contribution is -0.143. The molecule has 0 amide bonds. The molecule has 0 aliphatic carbocycles. The van der Waals surface area contributed by atoms with E-state index in [1.807, 2.05) is 0 Å². The van der Waals surface area contributed by atoms with Gasteiger partial charge in [-0.25, -0.2) is 13.4 Å². The molecular weight excluding hydrogens is 272 g/mol. The van der Waals surface area contributed by atoms with Gasteiger partial charge in [0, 0.05) is 7.05 Å². The van der Waals surface area contributed by atoms with Gasteiger partial charge in [0.2, 0.25) is 0 Å². The van der Waals surface area contributed by atoms with Crippen molar-refractivity contribution in [2.45, 2.75) is 24.9 Å². The van der Waals surface area contributed by atoms with E-state index < -0.39 is 22.0 Å². The first-order chi connectivity index (χ1) is 8.70. The number of nitrogens with one attached hydrogen (secondary N) is 1. The maximum atomic E-state index is 12.2.